The number of nitrogens with zero attached hydrogens (tertiary/aromatic N) is 2. The van der Waals surface area contributed by atoms with Crippen molar-refractivity contribution in [2.45, 2.75) is 6.92 Å². The van der Waals surface area contributed by atoms with E-state index in [1.165, 1.54) is 0 Å². The second kappa shape index (κ2) is 3.60. The van der Waals surface area contributed by atoms with Gasteiger partial charge in [0.15, 0.2) is 0 Å². The Labute approximate surface area is 93.1 Å². The number of aromatic nitrogens is 1. The van der Waals surface area contributed by atoms with E-state index in [-0.39, 0.29) is 0 Å². The molecule has 1 aromatic heterocycles. The van der Waals surface area contributed by atoms with Crippen molar-refractivity contribution in [3.63, 3.8) is 0 Å². The fraction of sp³-hybridized carbons (Fsp3) is 0.167. The number of aromatic amines is 1. The van der Waals surface area contributed by atoms with E-state index in [2.05, 4.69) is 10.3 Å². The lowest BCUT2D eigenvalue weighted by Crippen LogP contribution is -1.88. The normalized spacial score (nSPS) is 9.75. The topological polar surface area (TPSA) is 75.4 Å². The lowest BCUT2D eigenvalue weighted by molar-refractivity contribution is 1.26. The van der Waals surface area contributed by atoms with Crippen molar-refractivity contribution in [2.75, 3.05) is 12.4 Å². The molecular formula is C12H10N4. The molecule has 0 spiro atoms. The van der Waals surface area contributed by atoms with Crippen LogP contribution in [0.4, 0.5) is 5.82 Å². The molecule has 0 radical (unpaired) electrons. The smallest absolute Gasteiger partial charge is 0.111 e. The van der Waals surface area contributed by atoms with E-state index in [0.717, 1.165) is 22.3 Å². The lowest BCUT2D eigenvalue weighted by Gasteiger charge is -1.98. The third-order valence-corrected chi connectivity index (χ3v) is 2.63. The van der Waals surface area contributed by atoms with Gasteiger partial charge in [0.2, 0.25) is 0 Å². The van der Waals surface area contributed by atoms with E-state index in [0.29, 0.717) is 11.1 Å². The number of benzene rings is 1. The van der Waals surface area contributed by atoms with Crippen LogP contribution in [0.15, 0.2) is 12.1 Å². The van der Waals surface area contributed by atoms with Crippen molar-refractivity contribution in [3.8, 4) is 12.1 Å². The quantitative estimate of drug-likeness (QED) is 0.758. The fourth-order valence-electron chi connectivity index (χ4n) is 1.82. The maximum Gasteiger partial charge on any atom is 0.111 e. The molecule has 2 N–H and O–H groups in total. The van der Waals surface area contributed by atoms with Gasteiger partial charge in [-0.1, -0.05) is 0 Å². The molecular weight excluding hydrogens is 200 g/mol. The molecule has 2 aromatic rings. The largest absolute Gasteiger partial charge is 0.374 e. The Hall–Kier alpha value is -2.46. The Morgan fingerprint density at radius 1 is 1.12 bits per heavy atom. The average molecular weight is 210 g/mol. The molecule has 0 amide bonds. The minimum Gasteiger partial charge on any atom is -0.374 e. The number of nitriles is 2. The van der Waals surface area contributed by atoms with Crippen LogP contribution in [0.3, 0.4) is 0 Å². The predicted molar refractivity (Wildman–Crippen MR) is 62.0 cm³/mol. The number of fused-ring (bicyclic) bond motifs is 1. The number of anilines is 1. The highest BCUT2D eigenvalue weighted by molar-refractivity contribution is 5.97. The molecule has 0 saturated heterocycles. The van der Waals surface area contributed by atoms with Crippen LogP contribution < -0.4 is 5.32 Å². The Balaban J connectivity index is 2.88. The van der Waals surface area contributed by atoms with Gasteiger partial charge in [-0.05, 0) is 19.1 Å². The fourth-order valence-corrected chi connectivity index (χ4v) is 1.82. The summed E-state index contributed by atoms with van der Waals surface area (Å²) in [6, 6.07) is 7.56. The molecule has 1 aromatic carbocycles. The van der Waals surface area contributed by atoms with E-state index in [9.17, 15) is 0 Å². The molecule has 0 aliphatic carbocycles. The second-order valence-corrected chi connectivity index (χ2v) is 3.54. The van der Waals surface area contributed by atoms with Crippen molar-refractivity contribution in [1.29, 1.82) is 10.5 Å². The first-order valence-corrected chi connectivity index (χ1v) is 4.85. The first-order valence-electron chi connectivity index (χ1n) is 4.85. The summed E-state index contributed by atoms with van der Waals surface area (Å²) in [7, 11) is 1.81. The van der Waals surface area contributed by atoms with Gasteiger partial charge in [-0.25, -0.2) is 0 Å². The second-order valence-electron chi connectivity index (χ2n) is 3.54. The van der Waals surface area contributed by atoms with Crippen LogP contribution in [-0.4, -0.2) is 12.0 Å². The van der Waals surface area contributed by atoms with Crippen LogP contribution in [0.5, 0.6) is 0 Å². The van der Waals surface area contributed by atoms with Gasteiger partial charge in [-0.3, -0.25) is 0 Å². The molecule has 4 nitrogen and oxygen atoms in total. The summed E-state index contributed by atoms with van der Waals surface area (Å²) in [6.07, 6.45) is 0. The Morgan fingerprint density at radius 2 is 1.69 bits per heavy atom. The van der Waals surface area contributed by atoms with Gasteiger partial charge in [0.05, 0.1) is 11.1 Å². The van der Waals surface area contributed by atoms with Gasteiger partial charge in [-0.2, -0.15) is 10.5 Å². The first kappa shape index (κ1) is 10.1. The summed E-state index contributed by atoms with van der Waals surface area (Å²) in [5.74, 6) is 0.869. The summed E-state index contributed by atoms with van der Waals surface area (Å²) in [6.45, 7) is 1.94. The van der Waals surface area contributed by atoms with Gasteiger partial charge in [0.1, 0.15) is 18.0 Å². The van der Waals surface area contributed by atoms with Crippen molar-refractivity contribution >= 4 is 16.6 Å². The van der Waals surface area contributed by atoms with E-state index in [1.807, 2.05) is 26.1 Å². The van der Waals surface area contributed by atoms with Crippen molar-refractivity contribution < 1.29 is 0 Å². The van der Waals surface area contributed by atoms with Crippen molar-refractivity contribution in [1.82, 2.24) is 4.98 Å². The Bertz CT molecular complexity index is 638. The summed E-state index contributed by atoms with van der Waals surface area (Å²) in [5, 5.41) is 22.8. The number of H-pyrrole nitrogens is 1. The summed E-state index contributed by atoms with van der Waals surface area (Å²) < 4.78 is 0. The minimum absolute atomic E-state index is 0.408. The van der Waals surface area contributed by atoms with E-state index in [4.69, 9.17) is 10.5 Å². The number of hydrogen-bond acceptors (Lipinski definition) is 3. The third-order valence-electron chi connectivity index (χ3n) is 2.63. The minimum atomic E-state index is 0.408. The molecule has 0 atom stereocenters. The van der Waals surface area contributed by atoms with E-state index in [1.54, 1.807) is 12.1 Å². The van der Waals surface area contributed by atoms with Crippen molar-refractivity contribution in [3.05, 3.63) is 29.0 Å². The molecule has 2 rings (SSSR count). The molecule has 0 bridgehead atoms. The summed E-state index contributed by atoms with van der Waals surface area (Å²) in [5.41, 5.74) is 1.81. The maximum atomic E-state index is 8.95. The molecule has 0 unspecified atom stereocenters. The standard InChI is InChI=1S/C12H10N4/c1-7-10-3-8(5-13)9(6-14)4-11(10)12(15-2)16-7/h3-4,15-16H,1-2H3. The van der Waals surface area contributed by atoms with Crippen LogP contribution in [0.1, 0.15) is 16.8 Å². The number of aryl methyl sites for hydroxylation is 1. The van der Waals surface area contributed by atoms with Crippen LogP contribution in [-0.2, 0) is 0 Å². The van der Waals surface area contributed by atoms with E-state index >= 15 is 0 Å². The number of rotatable bonds is 1. The highest BCUT2D eigenvalue weighted by atomic mass is 15.0. The Kier molecular flexibility index (Phi) is 2.27. The molecule has 0 saturated carbocycles. The maximum absolute atomic E-state index is 8.95. The van der Waals surface area contributed by atoms with Gasteiger partial charge >= 0.3 is 0 Å². The lowest BCUT2D eigenvalue weighted by atomic mass is 10.0. The van der Waals surface area contributed by atoms with Gasteiger partial charge in [0, 0.05) is 23.5 Å². The van der Waals surface area contributed by atoms with Crippen LogP contribution >= 0.6 is 0 Å². The van der Waals surface area contributed by atoms with Crippen LogP contribution in [0.2, 0.25) is 0 Å². The first-order chi connectivity index (χ1) is 7.71. The van der Waals surface area contributed by atoms with E-state index < -0.39 is 0 Å². The zero-order valence-electron chi connectivity index (χ0n) is 9.05. The Morgan fingerprint density at radius 3 is 2.19 bits per heavy atom. The highest BCUT2D eigenvalue weighted by Gasteiger charge is 2.10. The molecule has 1 heterocycles. The highest BCUT2D eigenvalue weighted by Crippen LogP contribution is 2.28. The number of nitrogens with one attached hydrogen (secondary N) is 2. The zero-order chi connectivity index (χ0) is 11.7. The molecule has 78 valence electrons. The monoisotopic (exact) mass is 210 g/mol. The SMILES string of the molecule is CNc1[nH]c(C)c2cc(C#N)c(C#N)cc12. The van der Waals surface area contributed by atoms with Crippen LogP contribution in [0, 0.1) is 29.6 Å². The molecule has 0 aliphatic rings. The molecule has 0 fully saturated rings. The predicted octanol–water partition coefficient (Wildman–Crippen LogP) is 2.26. The van der Waals surface area contributed by atoms with Gasteiger partial charge in [-0.15, -0.1) is 0 Å². The average Bonchev–Trinajstić information content (AvgIpc) is 2.63. The van der Waals surface area contributed by atoms with Crippen molar-refractivity contribution in [2.24, 2.45) is 0 Å². The molecule has 0 aliphatic heterocycles. The molecule has 16 heavy (non-hydrogen) atoms. The summed E-state index contributed by atoms with van der Waals surface area (Å²) >= 11 is 0. The third kappa shape index (κ3) is 1.29. The molecule has 4 heteroatoms. The zero-order valence-corrected chi connectivity index (χ0v) is 9.05. The summed E-state index contributed by atoms with van der Waals surface area (Å²) in [4.78, 5) is 3.17. The van der Waals surface area contributed by atoms with Gasteiger partial charge in [0.25, 0.3) is 0 Å². The van der Waals surface area contributed by atoms with Gasteiger partial charge < -0.3 is 10.3 Å². The number of hydrogen-bond donors (Lipinski definition) is 2. The van der Waals surface area contributed by atoms with Crippen LogP contribution in [0.25, 0.3) is 10.8 Å².